The van der Waals surface area contributed by atoms with Gasteiger partial charge in [-0.05, 0) is 32.1 Å². The van der Waals surface area contributed by atoms with Crippen molar-refractivity contribution in [3.05, 3.63) is 0 Å². The number of carboxylic acid groups (broad SMARTS) is 1. The summed E-state index contributed by atoms with van der Waals surface area (Å²) in [6, 6.07) is -1.57. The molecule has 1 rings (SSSR count). The van der Waals surface area contributed by atoms with Crippen molar-refractivity contribution in [1.29, 1.82) is 0 Å². The van der Waals surface area contributed by atoms with Gasteiger partial charge in [0.2, 0.25) is 23.6 Å². The van der Waals surface area contributed by atoms with Gasteiger partial charge in [0.25, 0.3) is 0 Å². The molecule has 0 radical (unpaired) electrons. The molecule has 0 aromatic rings. The normalized spacial score (nSPS) is 15.1. The van der Waals surface area contributed by atoms with Crippen molar-refractivity contribution in [3.8, 4) is 0 Å². The van der Waals surface area contributed by atoms with E-state index in [9.17, 15) is 28.8 Å². The highest BCUT2D eigenvalue weighted by molar-refractivity contribution is 5.92. The maximum Gasteiger partial charge on any atom is 0.305 e. The van der Waals surface area contributed by atoms with Crippen molar-refractivity contribution in [2.45, 2.75) is 70.4 Å². The smallest absolute Gasteiger partial charge is 0.305 e. The lowest BCUT2D eigenvalue weighted by atomic mass is 10.1. The second-order valence-corrected chi connectivity index (χ2v) is 9.63. The molecule has 42 heavy (non-hydrogen) atoms. The van der Waals surface area contributed by atoms with Crippen LogP contribution in [-0.4, -0.2) is 124 Å². The van der Waals surface area contributed by atoms with Crippen molar-refractivity contribution >= 4 is 35.6 Å². The molecule has 15 nitrogen and oxygen atoms in total. The Morgan fingerprint density at radius 1 is 0.857 bits per heavy atom. The Balaban J connectivity index is 2.13. The Kier molecular flexibility index (Phi) is 19.5. The van der Waals surface area contributed by atoms with E-state index in [4.69, 9.17) is 19.3 Å². The van der Waals surface area contributed by atoms with E-state index < -0.39 is 35.8 Å². The number of carbonyl (C=O) groups excluding carboxylic acids is 5. The summed E-state index contributed by atoms with van der Waals surface area (Å²) in [7, 11) is 1.25. The van der Waals surface area contributed by atoms with Crippen LogP contribution in [0.4, 0.5) is 0 Å². The van der Waals surface area contributed by atoms with Crippen molar-refractivity contribution in [3.63, 3.8) is 0 Å². The minimum Gasteiger partial charge on any atom is -0.481 e. The number of hydrogen-bond acceptors (Lipinski definition) is 10. The fraction of sp³-hybridized carbons (Fsp3) is 0.778. The minimum atomic E-state index is -1.01. The van der Waals surface area contributed by atoms with Crippen LogP contribution < -0.4 is 16.0 Å². The van der Waals surface area contributed by atoms with Gasteiger partial charge in [0.1, 0.15) is 12.1 Å². The van der Waals surface area contributed by atoms with E-state index in [1.165, 1.54) is 18.9 Å². The minimum absolute atomic E-state index is 0.0389. The third-order valence-electron chi connectivity index (χ3n) is 6.32. The molecule has 0 aliphatic carbocycles. The van der Waals surface area contributed by atoms with E-state index in [-0.39, 0.29) is 37.5 Å². The third kappa shape index (κ3) is 16.8. The number of ether oxygens (including phenoxy) is 4. The maximum atomic E-state index is 12.8. The Labute approximate surface area is 246 Å². The van der Waals surface area contributed by atoms with Crippen molar-refractivity contribution in [2.75, 3.05) is 66.4 Å². The lowest BCUT2D eigenvalue weighted by Crippen LogP contribution is -2.53. The zero-order valence-corrected chi connectivity index (χ0v) is 24.7. The van der Waals surface area contributed by atoms with Crippen LogP contribution in [0, 0.1) is 0 Å². The Bertz CT molecular complexity index is 871. The van der Waals surface area contributed by atoms with Crippen LogP contribution in [0.15, 0.2) is 0 Å². The molecule has 240 valence electrons. The molecule has 15 heteroatoms. The van der Waals surface area contributed by atoms with Crippen molar-refractivity contribution in [2.24, 2.45) is 0 Å². The Hall–Kier alpha value is -3.30. The van der Waals surface area contributed by atoms with E-state index in [1.54, 1.807) is 0 Å². The number of amides is 4. The number of hydrogen-bond donors (Lipinski definition) is 4. The third-order valence-corrected chi connectivity index (χ3v) is 6.32. The first-order valence-electron chi connectivity index (χ1n) is 14.3. The predicted octanol–water partition coefficient (Wildman–Crippen LogP) is -0.637. The van der Waals surface area contributed by atoms with Gasteiger partial charge in [0.15, 0.2) is 0 Å². The first-order chi connectivity index (χ1) is 20.1. The molecule has 1 fully saturated rings. The van der Waals surface area contributed by atoms with Gasteiger partial charge in [0.05, 0.1) is 40.0 Å². The Morgan fingerprint density at radius 3 is 2.02 bits per heavy atom. The Morgan fingerprint density at radius 2 is 1.45 bits per heavy atom. The fourth-order valence-electron chi connectivity index (χ4n) is 4.08. The van der Waals surface area contributed by atoms with Gasteiger partial charge in [-0.15, -0.1) is 0 Å². The standard InChI is InChI=1S/C27H46N4O11/c1-20(32)31-13-3-6-22(31)27(38)30-21(7-10-25(36)39-2)26(37)29-12-5-15-41-17-19-42-18-16-40-14-4-11-28-23(33)8-9-24(34)35/h21-22H,3-19H2,1-2H3,(H,28,33)(H,29,37)(H,30,38)(H,34,35). The average Bonchev–Trinajstić information content (AvgIpc) is 3.46. The summed E-state index contributed by atoms with van der Waals surface area (Å²) in [5, 5.41) is 16.6. The van der Waals surface area contributed by atoms with Crippen LogP contribution in [0.25, 0.3) is 0 Å². The van der Waals surface area contributed by atoms with Crippen LogP contribution in [0.5, 0.6) is 0 Å². The highest BCUT2D eigenvalue weighted by Gasteiger charge is 2.34. The van der Waals surface area contributed by atoms with E-state index in [1.807, 2.05) is 0 Å². The lowest BCUT2D eigenvalue weighted by molar-refractivity contribution is -0.141. The van der Waals surface area contributed by atoms with Crippen molar-refractivity contribution in [1.82, 2.24) is 20.9 Å². The number of likely N-dealkylation sites (tertiary alicyclic amines) is 1. The summed E-state index contributed by atoms with van der Waals surface area (Å²) in [4.78, 5) is 72.2. The molecule has 4 N–H and O–H groups in total. The summed E-state index contributed by atoms with van der Waals surface area (Å²) in [6.07, 6.45) is 2.16. The van der Waals surface area contributed by atoms with Crippen LogP contribution in [-0.2, 0) is 47.7 Å². The number of methoxy groups -OCH3 is 1. The van der Waals surface area contributed by atoms with E-state index >= 15 is 0 Å². The second kappa shape index (κ2) is 22.3. The molecule has 2 atom stereocenters. The molecule has 0 spiro atoms. The predicted molar refractivity (Wildman–Crippen MR) is 148 cm³/mol. The number of esters is 1. The molecule has 1 aliphatic heterocycles. The van der Waals surface area contributed by atoms with Gasteiger partial charge in [0, 0.05) is 52.6 Å². The van der Waals surface area contributed by atoms with Crippen LogP contribution in [0.3, 0.4) is 0 Å². The van der Waals surface area contributed by atoms with E-state index in [0.29, 0.717) is 85.0 Å². The summed E-state index contributed by atoms with van der Waals surface area (Å²) >= 11 is 0. The summed E-state index contributed by atoms with van der Waals surface area (Å²) < 4.78 is 21.0. The molecule has 1 aliphatic rings. The molecule has 2 unspecified atom stereocenters. The van der Waals surface area contributed by atoms with Gasteiger partial charge < -0.3 is 44.9 Å². The van der Waals surface area contributed by atoms with Gasteiger partial charge >= 0.3 is 11.9 Å². The first-order valence-corrected chi connectivity index (χ1v) is 14.3. The van der Waals surface area contributed by atoms with Gasteiger partial charge in [-0.2, -0.15) is 0 Å². The van der Waals surface area contributed by atoms with Crippen LogP contribution in [0.2, 0.25) is 0 Å². The number of rotatable bonds is 23. The number of aliphatic carboxylic acids is 1. The number of carbonyl (C=O) groups is 6. The largest absolute Gasteiger partial charge is 0.481 e. The SMILES string of the molecule is COC(=O)CCC(NC(=O)C1CCCN1C(C)=O)C(=O)NCCCOCCOCCOCCCNC(=O)CCC(=O)O. The van der Waals surface area contributed by atoms with Gasteiger partial charge in [-0.1, -0.05) is 0 Å². The van der Waals surface area contributed by atoms with Crippen LogP contribution in [0.1, 0.15) is 58.3 Å². The van der Waals surface area contributed by atoms with Gasteiger partial charge in [-0.25, -0.2) is 0 Å². The number of nitrogens with zero attached hydrogens (tertiary/aromatic N) is 1. The fourth-order valence-corrected chi connectivity index (χ4v) is 4.08. The lowest BCUT2D eigenvalue weighted by Gasteiger charge is -2.25. The molecular weight excluding hydrogens is 556 g/mol. The van der Waals surface area contributed by atoms with E-state index in [0.717, 1.165) is 0 Å². The van der Waals surface area contributed by atoms with Crippen LogP contribution >= 0.6 is 0 Å². The topological polar surface area (TPSA) is 199 Å². The quantitative estimate of drug-likeness (QED) is 0.0857. The van der Waals surface area contributed by atoms with Gasteiger partial charge in [-0.3, -0.25) is 28.8 Å². The van der Waals surface area contributed by atoms with E-state index in [2.05, 4.69) is 20.7 Å². The highest BCUT2D eigenvalue weighted by atomic mass is 16.5. The molecule has 0 aromatic heterocycles. The monoisotopic (exact) mass is 602 g/mol. The number of carboxylic acids is 1. The molecule has 0 bridgehead atoms. The second-order valence-electron chi connectivity index (χ2n) is 9.63. The highest BCUT2D eigenvalue weighted by Crippen LogP contribution is 2.18. The summed E-state index contributed by atoms with van der Waals surface area (Å²) in [6.45, 7) is 4.94. The molecule has 0 aromatic carbocycles. The maximum absolute atomic E-state index is 12.8. The molecule has 1 heterocycles. The summed E-state index contributed by atoms with van der Waals surface area (Å²) in [5.41, 5.74) is 0. The zero-order chi connectivity index (χ0) is 31.2. The molecule has 4 amide bonds. The first kappa shape index (κ1) is 36.7. The summed E-state index contributed by atoms with van der Waals surface area (Å²) in [5.74, 6) is -2.84. The molecule has 1 saturated heterocycles. The average molecular weight is 603 g/mol. The zero-order valence-electron chi connectivity index (χ0n) is 24.7. The molecular formula is C27H46N4O11. The van der Waals surface area contributed by atoms with Crippen molar-refractivity contribution < 1.29 is 52.8 Å². The molecule has 0 saturated carbocycles. The number of nitrogens with one attached hydrogen (secondary N) is 3.